The van der Waals surface area contributed by atoms with Crippen molar-refractivity contribution in [1.29, 1.82) is 0 Å². The predicted molar refractivity (Wildman–Crippen MR) is 68.3 cm³/mol. The van der Waals surface area contributed by atoms with Gasteiger partial charge < -0.3 is 4.98 Å². The van der Waals surface area contributed by atoms with E-state index in [-0.39, 0.29) is 5.39 Å². The van der Waals surface area contributed by atoms with Crippen molar-refractivity contribution >= 4 is 26.7 Å². The van der Waals surface area contributed by atoms with E-state index < -0.39 is 11.4 Å². The van der Waals surface area contributed by atoms with Gasteiger partial charge in [-0.25, -0.2) is 4.39 Å². The number of hydrogen-bond donors (Lipinski definition) is 1. The molecular formula is C12H13BrFNO. The van der Waals surface area contributed by atoms with E-state index in [9.17, 15) is 9.18 Å². The van der Waals surface area contributed by atoms with E-state index in [1.807, 2.05) is 20.8 Å². The third kappa shape index (κ3) is 2.32. The molecule has 1 N–H and O–H groups in total. The van der Waals surface area contributed by atoms with Crippen LogP contribution in [0.15, 0.2) is 27.6 Å². The minimum Gasteiger partial charge on any atom is -0.328 e. The van der Waals surface area contributed by atoms with Crippen molar-refractivity contribution in [1.82, 2.24) is 4.98 Å². The van der Waals surface area contributed by atoms with Gasteiger partial charge in [0, 0.05) is 10.7 Å². The summed E-state index contributed by atoms with van der Waals surface area (Å²) in [6.45, 7) is 5.82. The molecule has 0 aliphatic heterocycles. The van der Waals surface area contributed by atoms with Crippen molar-refractivity contribution in [3.63, 3.8) is 0 Å². The minimum absolute atomic E-state index is 0.119. The number of fused-ring (bicyclic) bond motifs is 1. The number of pyridine rings is 1. The van der Waals surface area contributed by atoms with Gasteiger partial charge in [0.1, 0.15) is 5.82 Å². The normalized spacial score (nSPS) is 9.81. The molecule has 4 heteroatoms. The molecule has 0 radical (unpaired) electrons. The molecule has 0 spiro atoms. The van der Waals surface area contributed by atoms with Crippen LogP contribution in [0.2, 0.25) is 0 Å². The molecule has 0 fully saturated rings. The number of halogens is 2. The molecule has 0 bridgehead atoms. The summed E-state index contributed by atoms with van der Waals surface area (Å²) in [6, 6.07) is 3.03. The van der Waals surface area contributed by atoms with Gasteiger partial charge in [0.15, 0.2) is 0 Å². The van der Waals surface area contributed by atoms with Crippen LogP contribution in [0.4, 0.5) is 4.39 Å². The van der Waals surface area contributed by atoms with Crippen molar-refractivity contribution in [2.24, 2.45) is 0 Å². The van der Waals surface area contributed by atoms with Crippen LogP contribution in [0.5, 0.6) is 0 Å². The summed E-state index contributed by atoms with van der Waals surface area (Å²) in [4.78, 5) is 13.8. The molecule has 2 aromatic rings. The van der Waals surface area contributed by atoms with Gasteiger partial charge in [0.25, 0.3) is 5.56 Å². The van der Waals surface area contributed by atoms with Gasteiger partial charge in [-0.15, -0.1) is 0 Å². The van der Waals surface area contributed by atoms with E-state index in [0.717, 1.165) is 5.56 Å². The Hall–Kier alpha value is -1.16. The molecule has 0 saturated carbocycles. The van der Waals surface area contributed by atoms with E-state index in [4.69, 9.17) is 0 Å². The fourth-order valence-electron chi connectivity index (χ4n) is 1.44. The summed E-state index contributed by atoms with van der Waals surface area (Å²) in [6.07, 6.45) is 1.58. The molecule has 0 amide bonds. The van der Waals surface area contributed by atoms with Crippen LogP contribution in [-0.2, 0) is 0 Å². The van der Waals surface area contributed by atoms with Crippen LogP contribution in [-0.4, -0.2) is 4.98 Å². The average molecular weight is 286 g/mol. The monoisotopic (exact) mass is 285 g/mol. The average Bonchev–Trinajstić information content (AvgIpc) is 2.26. The number of benzene rings is 1. The number of aryl methyl sites for hydroxylation is 1. The number of nitrogens with one attached hydrogen (secondary N) is 1. The van der Waals surface area contributed by atoms with Crippen molar-refractivity contribution in [2.75, 3.05) is 0 Å². The molecule has 0 aliphatic carbocycles. The third-order valence-electron chi connectivity index (χ3n) is 2.13. The first kappa shape index (κ1) is 12.9. The van der Waals surface area contributed by atoms with Crippen molar-refractivity contribution in [3.8, 4) is 0 Å². The van der Waals surface area contributed by atoms with Crippen LogP contribution in [0.25, 0.3) is 10.8 Å². The maximum Gasteiger partial charge on any atom is 0.258 e. The smallest absolute Gasteiger partial charge is 0.258 e. The lowest BCUT2D eigenvalue weighted by Gasteiger charge is -2.02. The summed E-state index contributed by atoms with van der Waals surface area (Å²) in [5.41, 5.74) is 0.454. The highest BCUT2D eigenvalue weighted by molar-refractivity contribution is 9.10. The first-order chi connectivity index (χ1) is 7.59. The largest absolute Gasteiger partial charge is 0.328 e. The van der Waals surface area contributed by atoms with Gasteiger partial charge in [0.2, 0.25) is 0 Å². The Kier molecular flexibility index (Phi) is 4.24. The topological polar surface area (TPSA) is 32.9 Å². The van der Waals surface area contributed by atoms with E-state index >= 15 is 0 Å². The third-order valence-corrected chi connectivity index (χ3v) is 2.58. The van der Waals surface area contributed by atoms with Gasteiger partial charge in [-0.3, -0.25) is 4.79 Å². The Morgan fingerprint density at radius 1 is 1.31 bits per heavy atom. The van der Waals surface area contributed by atoms with Gasteiger partial charge >= 0.3 is 0 Å². The highest BCUT2D eigenvalue weighted by atomic mass is 79.9. The summed E-state index contributed by atoms with van der Waals surface area (Å²) in [5.74, 6) is -0.501. The lowest BCUT2D eigenvalue weighted by Crippen LogP contribution is -2.08. The number of H-pyrrole nitrogens is 1. The molecule has 2 rings (SSSR count). The van der Waals surface area contributed by atoms with Crippen LogP contribution in [0.3, 0.4) is 0 Å². The molecule has 1 aromatic carbocycles. The Labute approximate surface area is 102 Å². The van der Waals surface area contributed by atoms with Crippen molar-refractivity contribution < 1.29 is 4.39 Å². The van der Waals surface area contributed by atoms with Crippen LogP contribution >= 0.6 is 15.9 Å². The predicted octanol–water partition coefficient (Wildman–Crippen LogP) is 3.76. The van der Waals surface area contributed by atoms with Crippen LogP contribution in [0.1, 0.15) is 19.4 Å². The molecule has 2 nitrogen and oxygen atoms in total. The number of rotatable bonds is 0. The molecule has 1 aromatic heterocycles. The molecule has 86 valence electrons. The van der Waals surface area contributed by atoms with E-state index in [1.165, 1.54) is 6.07 Å². The maximum atomic E-state index is 13.4. The fourth-order valence-corrected chi connectivity index (χ4v) is 1.87. The van der Waals surface area contributed by atoms with Gasteiger partial charge in [0.05, 0.1) is 5.39 Å². The maximum absolute atomic E-state index is 13.4. The molecular weight excluding hydrogens is 273 g/mol. The fraction of sp³-hybridized carbons (Fsp3) is 0.250. The lowest BCUT2D eigenvalue weighted by molar-refractivity contribution is 0.637. The minimum atomic E-state index is -0.501. The highest BCUT2D eigenvalue weighted by Gasteiger charge is 2.08. The number of aromatic amines is 1. The Morgan fingerprint density at radius 3 is 2.56 bits per heavy atom. The number of aromatic nitrogens is 1. The molecule has 16 heavy (non-hydrogen) atoms. The quantitative estimate of drug-likeness (QED) is 0.785. The first-order valence-corrected chi connectivity index (χ1v) is 5.86. The van der Waals surface area contributed by atoms with Gasteiger partial charge in [-0.2, -0.15) is 0 Å². The summed E-state index contributed by atoms with van der Waals surface area (Å²) in [5, 5.41) is 0.758. The summed E-state index contributed by atoms with van der Waals surface area (Å²) < 4.78 is 14.1. The molecule has 0 unspecified atom stereocenters. The van der Waals surface area contributed by atoms with Gasteiger partial charge in [-0.1, -0.05) is 29.8 Å². The zero-order valence-corrected chi connectivity index (χ0v) is 11.0. The summed E-state index contributed by atoms with van der Waals surface area (Å²) in [7, 11) is 0. The number of hydrogen-bond acceptors (Lipinski definition) is 1. The van der Waals surface area contributed by atoms with E-state index in [1.54, 1.807) is 12.3 Å². The van der Waals surface area contributed by atoms with Crippen LogP contribution < -0.4 is 5.56 Å². The Balaban J connectivity index is 0.000000606. The Bertz CT molecular complexity index is 563. The second-order valence-corrected chi connectivity index (χ2v) is 4.03. The molecule has 0 aliphatic rings. The second-order valence-electron chi connectivity index (χ2n) is 3.11. The second kappa shape index (κ2) is 5.25. The summed E-state index contributed by atoms with van der Waals surface area (Å²) >= 11 is 3.19. The SMILES string of the molecule is CC.Cc1c[nH]c(=O)c2c(F)cc(Br)cc12. The molecule has 0 saturated heterocycles. The van der Waals surface area contributed by atoms with E-state index in [2.05, 4.69) is 20.9 Å². The zero-order chi connectivity index (χ0) is 12.3. The first-order valence-electron chi connectivity index (χ1n) is 5.06. The van der Waals surface area contributed by atoms with Crippen molar-refractivity contribution in [3.05, 3.63) is 44.5 Å². The van der Waals surface area contributed by atoms with Gasteiger partial charge in [-0.05, 0) is 30.0 Å². The molecule has 0 atom stereocenters. The molecule has 1 heterocycles. The van der Waals surface area contributed by atoms with Crippen molar-refractivity contribution in [2.45, 2.75) is 20.8 Å². The Morgan fingerprint density at radius 2 is 1.94 bits per heavy atom. The standard InChI is InChI=1S/C10H7BrFNO.C2H6/c1-5-4-13-10(14)9-7(5)2-6(11)3-8(9)12;1-2/h2-4H,1H3,(H,13,14);1-2H3. The van der Waals surface area contributed by atoms with E-state index in [0.29, 0.717) is 9.86 Å². The van der Waals surface area contributed by atoms with Crippen LogP contribution in [0, 0.1) is 12.7 Å². The zero-order valence-electron chi connectivity index (χ0n) is 9.40. The lowest BCUT2D eigenvalue weighted by atomic mass is 10.1. The highest BCUT2D eigenvalue weighted by Crippen LogP contribution is 2.22.